The van der Waals surface area contributed by atoms with E-state index in [4.69, 9.17) is 9.52 Å². The Morgan fingerprint density at radius 1 is 1.69 bits per heavy atom. The maximum Gasteiger partial charge on any atom is 0.307 e. The smallest absolute Gasteiger partial charge is 0.307 e. The van der Waals surface area contributed by atoms with E-state index in [0.29, 0.717) is 6.54 Å². The second kappa shape index (κ2) is 4.70. The zero-order valence-corrected chi connectivity index (χ0v) is 9.48. The van der Waals surface area contributed by atoms with Gasteiger partial charge in [-0.25, -0.2) is 0 Å². The largest absolute Gasteiger partial charge is 0.481 e. The topological polar surface area (TPSA) is 53.7 Å². The minimum Gasteiger partial charge on any atom is -0.481 e. The summed E-state index contributed by atoms with van der Waals surface area (Å²) in [7, 11) is 0. The molecule has 0 bridgehead atoms. The molecule has 1 aromatic heterocycles. The van der Waals surface area contributed by atoms with Crippen LogP contribution in [-0.4, -0.2) is 29.1 Å². The van der Waals surface area contributed by atoms with E-state index in [1.807, 2.05) is 13.0 Å². The highest BCUT2D eigenvalue weighted by molar-refractivity contribution is 5.70. The molecular formula is C12H17NO3. The molecule has 1 aromatic rings. The molecule has 1 atom stereocenters. The van der Waals surface area contributed by atoms with Crippen molar-refractivity contribution in [2.45, 2.75) is 26.3 Å². The molecular weight excluding hydrogens is 206 g/mol. The predicted octanol–water partition coefficient (Wildman–Crippen LogP) is 1.88. The maximum absolute atomic E-state index is 10.9. The van der Waals surface area contributed by atoms with Crippen molar-refractivity contribution in [2.24, 2.45) is 5.92 Å². The SMILES string of the molecule is Cc1ccoc1CN1CCCC(C(=O)O)C1. The van der Waals surface area contributed by atoms with Gasteiger partial charge in [-0.2, -0.15) is 0 Å². The van der Waals surface area contributed by atoms with Crippen LogP contribution >= 0.6 is 0 Å². The third-order valence-electron chi connectivity index (χ3n) is 3.19. The van der Waals surface area contributed by atoms with E-state index in [1.165, 1.54) is 0 Å². The van der Waals surface area contributed by atoms with Crippen LogP contribution in [-0.2, 0) is 11.3 Å². The van der Waals surface area contributed by atoms with Gasteiger partial charge in [0.05, 0.1) is 18.7 Å². The number of carboxylic acids is 1. The number of rotatable bonds is 3. The average molecular weight is 223 g/mol. The fourth-order valence-corrected chi connectivity index (χ4v) is 2.17. The molecule has 1 fully saturated rings. The molecule has 16 heavy (non-hydrogen) atoms. The number of hydrogen-bond donors (Lipinski definition) is 1. The number of carboxylic acid groups (broad SMARTS) is 1. The Kier molecular flexibility index (Phi) is 3.29. The van der Waals surface area contributed by atoms with Gasteiger partial charge in [-0.1, -0.05) is 0 Å². The first-order valence-corrected chi connectivity index (χ1v) is 5.65. The summed E-state index contributed by atoms with van der Waals surface area (Å²) in [5, 5.41) is 8.99. The van der Waals surface area contributed by atoms with Crippen LogP contribution in [0, 0.1) is 12.8 Å². The third kappa shape index (κ3) is 2.44. The molecule has 0 spiro atoms. The predicted molar refractivity (Wildman–Crippen MR) is 59.1 cm³/mol. The van der Waals surface area contributed by atoms with Crippen LogP contribution < -0.4 is 0 Å². The first-order valence-electron chi connectivity index (χ1n) is 5.65. The van der Waals surface area contributed by atoms with Crippen LogP contribution in [0.2, 0.25) is 0 Å². The van der Waals surface area contributed by atoms with Crippen LogP contribution in [0.25, 0.3) is 0 Å². The fourth-order valence-electron chi connectivity index (χ4n) is 2.17. The number of carbonyl (C=O) groups is 1. The summed E-state index contributed by atoms with van der Waals surface area (Å²) >= 11 is 0. The van der Waals surface area contributed by atoms with E-state index < -0.39 is 5.97 Å². The molecule has 0 radical (unpaired) electrons. The molecule has 1 aliphatic heterocycles. The van der Waals surface area contributed by atoms with Crippen molar-refractivity contribution < 1.29 is 14.3 Å². The minimum absolute atomic E-state index is 0.219. The maximum atomic E-state index is 10.9. The second-order valence-electron chi connectivity index (χ2n) is 4.44. The van der Waals surface area contributed by atoms with Gasteiger partial charge in [0.25, 0.3) is 0 Å². The highest BCUT2D eigenvalue weighted by atomic mass is 16.4. The van der Waals surface area contributed by atoms with Gasteiger partial charge in [-0.05, 0) is 37.9 Å². The Bertz CT molecular complexity index is 372. The Morgan fingerprint density at radius 3 is 3.12 bits per heavy atom. The molecule has 2 heterocycles. The lowest BCUT2D eigenvalue weighted by atomic mass is 9.98. The molecule has 1 saturated heterocycles. The Hall–Kier alpha value is -1.29. The first-order chi connectivity index (χ1) is 7.66. The summed E-state index contributed by atoms with van der Waals surface area (Å²) in [6.07, 6.45) is 3.43. The molecule has 0 aromatic carbocycles. The van der Waals surface area contributed by atoms with E-state index in [9.17, 15) is 4.79 Å². The van der Waals surface area contributed by atoms with Crippen LogP contribution in [0.4, 0.5) is 0 Å². The number of nitrogens with zero attached hydrogens (tertiary/aromatic N) is 1. The van der Waals surface area contributed by atoms with Crippen LogP contribution in [0.5, 0.6) is 0 Å². The van der Waals surface area contributed by atoms with Gasteiger partial charge in [0.15, 0.2) is 0 Å². The van der Waals surface area contributed by atoms with Crippen molar-refractivity contribution in [3.63, 3.8) is 0 Å². The number of aryl methyl sites for hydroxylation is 1. The molecule has 1 unspecified atom stereocenters. The molecule has 0 saturated carbocycles. The van der Waals surface area contributed by atoms with Gasteiger partial charge < -0.3 is 9.52 Å². The Balaban J connectivity index is 1.95. The number of piperidine rings is 1. The van der Waals surface area contributed by atoms with Gasteiger partial charge in [-0.3, -0.25) is 9.69 Å². The normalized spacial score (nSPS) is 22.2. The summed E-state index contributed by atoms with van der Waals surface area (Å²) in [6, 6.07) is 1.94. The zero-order valence-electron chi connectivity index (χ0n) is 9.48. The van der Waals surface area contributed by atoms with E-state index in [-0.39, 0.29) is 5.92 Å². The molecule has 0 amide bonds. The monoisotopic (exact) mass is 223 g/mol. The summed E-state index contributed by atoms with van der Waals surface area (Å²) in [6.45, 7) is 4.33. The van der Waals surface area contributed by atoms with Crippen molar-refractivity contribution in [1.29, 1.82) is 0 Å². The number of furan rings is 1. The standard InChI is InChI=1S/C12H17NO3/c1-9-4-6-16-11(9)8-13-5-2-3-10(7-13)12(14)15/h4,6,10H,2-3,5,7-8H2,1H3,(H,14,15). The van der Waals surface area contributed by atoms with Gasteiger partial charge in [0, 0.05) is 6.54 Å². The highest BCUT2D eigenvalue weighted by Gasteiger charge is 2.25. The molecule has 88 valence electrons. The van der Waals surface area contributed by atoms with Crippen molar-refractivity contribution in [1.82, 2.24) is 4.90 Å². The molecule has 0 aliphatic carbocycles. The lowest BCUT2D eigenvalue weighted by Gasteiger charge is -2.29. The van der Waals surface area contributed by atoms with E-state index in [2.05, 4.69) is 4.90 Å². The van der Waals surface area contributed by atoms with Gasteiger partial charge in [0.1, 0.15) is 5.76 Å². The summed E-state index contributed by atoms with van der Waals surface area (Å²) in [5.74, 6) is 0.0518. The van der Waals surface area contributed by atoms with Crippen molar-refractivity contribution in [2.75, 3.05) is 13.1 Å². The fraction of sp³-hybridized carbons (Fsp3) is 0.583. The molecule has 1 aliphatic rings. The Labute approximate surface area is 94.9 Å². The molecule has 4 nitrogen and oxygen atoms in total. The molecule has 4 heteroatoms. The lowest BCUT2D eigenvalue weighted by molar-refractivity contribution is -0.143. The van der Waals surface area contributed by atoms with Crippen molar-refractivity contribution >= 4 is 5.97 Å². The number of aliphatic carboxylic acids is 1. The van der Waals surface area contributed by atoms with E-state index >= 15 is 0 Å². The zero-order chi connectivity index (χ0) is 11.5. The van der Waals surface area contributed by atoms with Crippen molar-refractivity contribution in [3.8, 4) is 0 Å². The van der Waals surface area contributed by atoms with Crippen molar-refractivity contribution in [3.05, 3.63) is 23.7 Å². The van der Waals surface area contributed by atoms with Gasteiger partial charge >= 0.3 is 5.97 Å². The lowest BCUT2D eigenvalue weighted by Crippen LogP contribution is -2.38. The summed E-state index contributed by atoms with van der Waals surface area (Å²) in [4.78, 5) is 13.1. The number of likely N-dealkylation sites (tertiary alicyclic amines) is 1. The minimum atomic E-state index is -0.680. The third-order valence-corrected chi connectivity index (χ3v) is 3.19. The van der Waals surface area contributed by atoms with E-state index in [0.717, 1.165) is 37.3 Å². The quantitative estimate of drug-likeness (QED) is 0.850. The van der Waals surface area contributed by atoms with Gasteiger partial charge in [0.2, 0.25) is 0 Å². The van der Waals surface area contributed by atoms with Crippen LogP contribution in [0.3, 0.4) is 0 Å². The molecule has 1 N–H and O–H groups in total. The highest BCUT2D eigenvalue weighted by Crippen LogP contribution is 2.20. The van der Waals surface area contributed by atoms with Crippen LogP contribution in [0.1, 0.15) is 24.2 Å². The second-order valence-corrected chi connectivity index (χ2v) is 4.44. The first kappa shape index (κ1) is 11.2. The van der Waals surface area contributed by atoms with Gasteiger partial charge in [-0.15, -0.1) is 0 Å². The summed E-state index contributed by atoms with van der Waals surface area (Å²) < 4.78 is 5.37. The summed E-state index contributed by atoms with van der Waals surface area (Å²) in [5.41, 5.74) is 1.14. The molecule has 2 rings (SSSR count). The average Bonchev–Trinajstić information content (AvgIpc) is 2.65. The number of hydrogen-bond acceptors (Lipinski definition) is 3. The Morgan fingerprint density at radius 2 is 2.50 bits per heavy atom. The van der Waals surface area contributed by atoms with Crippen LogP contribution in [0.15, 0.2) is 16.7 Å². The van der Waals surface area contributed by atoms with E-state index in [1.54, 1.807) is 6.26 Å².